The molecule has 4 rings (SSSR count). The number of amides is 2. The zero-order chi connectivity index (χ0) is 22.2. The highest BCUT2D eigenvalue weighted by Crippen LogP contribution is 2.48. The number of fused-ring (bicyclic) bond motifs is 1. The normalized spacial score (nSPS) is 26.3. The Bertz CT molecular complexity index is 935. The van der Waals surface area contributed by atoms with Crippen molar-refractivity contribution in [3.63, 3.8) is 0 Å². The van der Waals surface area contributed by atoms with Gasteiger partial charge in [-0.05, 0) is 45.6 Å². The zero-order valence-electron chi connectivity index (χ0n) is 19.1. The van der Waals surface area contributed by atoms with Gasteiger partial charge >= 0.3 is 0 Å². The van der Waals surface area contributed by atoms with Crippen LogP contribution in [0.2, 0.25) is 0 Å². The molecule has 0 aliphatic carbocycles. The van der Waals surface area contributed by atoms with E-state index in [1.54, 1.807) is 6.92 Å². The van der Waals surface area contributed by atoms with E-state index in [-0.39, 0.29) is 35.9 Å². The van der Waals surface area contributed by atoms with Crippen molar-refractivity contribution in [2.24, 2.45) is 0 Å². The fraction of sp³-hybridized carbons (Fsp3) is 0.560. The van der Waals surface area contributed by atoms with Gasteiger partial charge in [0.2, 0.25) is 11.8 Å². The third kappa shape index (κ3) is 3.88. The summed E-state index contributed by atoms with van der Waals surface area (Å²) < 4.78 is 5.31. The lowest BCUT2D eigenvalue weighted by molar-refractivity contribution is -0.141. The van der Waals surface area contributed by atoms with Gasteiger partial charge in [0.15, 0.2) is 0 Å². The molecule has 6 nitrogen and oxygen atoms in total. The van der Waals surface area contributed by atoms with Gasteiger partial charge in [-0.15, -0.1) is 0 Å². The molecule has 2 aromatic rings. The number of nitrogens with zero attached hydrogens (tertiary/aromatic N) is 3. The van der Waals surface area contributed by atoms with E-state index in [2.05, 4.69) is 29.1 Å². The summed E-state index contributed by atoms with van der Waals surface area (Å²) in [6, 6.07) is 10.2. The van der Waals surface area contributed by atoms with E-state index in [9.17, 15) is 9.59 Å². The van der Waals surface area contributed by atoms with Gasteiger partial charge in [0.25, 0.3) is 0 Å². The quantitative estimate of drug-likeness (QED) is 0.736. The summed E-state index contributed by atoms with van der Waals surface area (Å²) in [6.45, 7) is 8.35. The van der Waals surface area contributed by atoms with Gasteiger partial charge in [0.05, 0.1) is 29.7 Å². The third-order valence-electron chi connectivity index (χ3n) is 7.33. The molecule has 1 aromatic heterocycles. The first kappa shape index (κ1) is 21.6. The lowest BCUT2D eigenvalue weighted by atomic mass is 9.83. The van der Waals surface area contributed by atoms with Crippen molar-refractivity contribution in [3.05, 3.63) is 52.9 Å². The molecule has 2 aliphatic heterocycles. The Morgan fingerprint density at radius 1 is 1.16 bits per heavy atom. The molecule has 31 heavy (non-hydrogen) atoms. The summed E-state index contributed by atoms with van der Waals surface area (Å²) in [5.41, 5.74) is 2.40. The van der Waals surface area contributed by atoms with Crippen LogP contribution in [0.15, 0.2) is 34.9 Å². The summed E-state index contributed by atoms with van der Waals surface area (Å²) in [4.78, 5) is 30.6. The van der Waals surface area contributed by atoms with Crippen LogP contribution in [0.5, 0.6) is 0 Å². The number of hydrogen-bond donors (Lipinski definition) is 0. The Balaban J connectivity index is 1.76. The van der Waals surface area contributed by atoms with Gasteiger partial charge in [-0.2, -0.15) is 0 Å². The van der Waals surface area contributed by atoms with E-state index in [0.717, 1.165) is 55.5 Å². The molecule has 2 saturated heterocycles. The van der Waals surface area contributed by atoms with E-state index >= 15 is 0 Å². The van der Waals surface area contributed by atoms with E-state index in [4.69, 9.17) is 4.52 Å². The van der Waals surface area contributed by atoms with E-state index < -0.39 is 0 Å². The second-order valence-electron chi connectivity index (χ2n) is 9.30. The molecule has 0 spiro atoms. The summed E-state index contributed by atoms with van der Waals surface area (Å²) in [5, 5.41) is 4.03. The average molecular weight is 424 g/mol. The van der Waals surface area contributed by atoms with Crippen LogP contribution in [0, 0.1) is 13.8 Å². The standard InChI is InChI=1S/C25H33N3O3/c1-17-21(18(2)31-26-17)15-24(30)28-22(20-11-7-5-8-12-20)16-25(4)23(28)13-9-6-10-14-27(25)19(3)29/h5,7-8,11-12,22-23H,6,9-10,13-16H2,1-4H3/t22-,23-,25-/m0/s1. The Hall–Kier alpha value is -2.63. The minimum Gasteiger partial charge on any atom is -0.361 e. The maximum Gasteiger partial charge on any atom is 0.228 e. The first-order chi connectivity index (χ1) is 14.8. The predicted molar refractivity (Wildman–Crippen MR) is 118 cm³/mol. The number of aromatic nitrogens is 1. The molecule has 0 N–H and O–H groups in total. The minimum absolute atomic E-state index is 0.00474. The molecule has 0 unspecified atom stereocenters. The molecular formula is C25H33N3O3. The lowest BCUT2D eigenvalue weighted by Crippen LogP contribution is -2.58. The van der Waals surface area contributed by atoms with Crippen LogP contribution in [-0.4, -0.2) is 44.9 Å². The van der Waals surface area contributed by atoms with Gasteiger partial charge < -0.3 is 14.3 Å². The second kappa shape index (κ2) is 8.48. The lowest BCUT2D eigenvalue weighted by Gasteiger charge is -2.45. The number of carbonyl (C=O) groups excluding carboxylic acids is 2. The summed E-state index contributed by atoms with van der Waals surface area (Å²) in [5.74, 6) is 0.884. The Morgan fingerprint density at radius 2 is 1.90 bits per heavy atom. The summed E-state index contributed by atoms with van der Waals surface area (Å²) in [7, 11) is 0. The monoisotopic (exact) mass is 423 g/mol. The number of hydrogen-bond acceptors (Lipinski definition) is 4. The van der Waals surface area contributed by atoms with E-state index in [1.165, 1.54) is 0 Å². The maximum atomic E-state index is 13.8. The number of aryl methyl sites for hydroxylation is 2. The first-order valence-corrected chi connectivity index (χ1v) is 11.4. The van der Waals surface area contributed by atoms with Crippen LogP contribution in [-0.2, 0) is 16.0 Å². The fourth-order valence-corrected chi connectivity index (χ4v) is 5.74. The van der Waals surface area contributed by atoms with Gasteiger partial charge in [-0.1, -0.05) is 48.3 Å². The van der Waals surface area contributed by atoms with Crippen molar-refractivity contribution < 1.29 is 14.1 Å². The third-order valence-corrected chi connectivity index (χ3v) is 7.33. The molecule has 1 aromatic carbocycles. The molecule has 0 bridgehead atoms. The SMILES string of the molecule is CC(=O)N1CCCCC[C@@H]2N(C(=O)Cc3c(C)noc3C)[C@H](c3ccccc3)C[C@@]21C. The topological polar surface area (TPSA) is 66.7 Å². The Morgan fingerprint density at radius 3 is 2.55 bits per heavy atom. The predicted octanol–water partition coefficient (Wildman–Crippen LogP) is 4.36. The van der Waals surface area contributed by atoms with Crippen molar-refractivity contribution in [2.45, 2.75) is 83.8 Å². The van der Waals surface area contributed by atoms with Crippen molar-refractivity contribution in [1.29, 1.82) is 0 Å². The number of rotatable bonds is 3. The van der Waals surface area contributed by atoms with Gasteiger partial charge in [-0.3, -0.25) is 9.59 Å². The van der Waals surface area contributed by atoms with Crippen LogP contribution in [0.25, 0.3) is 0 Å². The molecule has 2 fully saturated rings. The highest BCUT2D eigenvalue weighted by atomic mass is 16.5. The van der Waals surface area contributed by atoms with E-state index in [1.807, 2.05) is 36.9 Å². The largest absolute Gasteiger partial charge is 0.361 e. The summed E-state index contributed by atoms with van der Waals surface area (Å²) in [6.07, 6.45) is 5.12. The molecule has 166 valence electrons. The molecule has 0 radical (unpaired) electrons. The average Bonchev–Trinajstić information content (AvgIpc) is 3.20. The van der Waals surface area contributed by atoms with Crippen molar-refractivity contribution in [2.75, 3.05) is 6.54 Å². The van der Waals surface area contributed by atoms with Crippen LogP contribution >= 0.6 is 0 Å². The number of carbonyl (C=O) groups is 2. The molecule has 6 heteroatoms. The molecule has 3 heterocycles. The zero-order valence-corrected chi connectivity index (χ0v) is 19.1. The fourth-order valence-electron chi connectivity index (χ4n) is 5.74. The van der Waals surface area contributed by atoms with Crippen LogP contribution < -0.4 is 0 Å². The van der Waals surface area contributed by atoms with E-state index in [0.29, 0.717) is 5.76 Å². The number of likely N-dealkylation sites (tertiary alicyclic amines) is 2. The van der Waals surface area contributed by atoms with Crippen LogP contribution in [0.1, 0.15) is 74.6 Å². The molecule has 2 amide bonds. The first-order valence-electron chi connectivity index (χ1n) is 11.4. The molecule has 0 saturated carbocycles. The maximum absolute atomic E-state index is 13.8. The summed E-state index contributed by atoms with van der Waals surface area (Å²) >= 11 is 0. The smallest absolute Gasteiger partial charge is 0.228 e. The Kier molecular flexibility index (Phi) is 5.91. The Labute approximate surface area is 184 Å². The van der Waals surface area contributed by atoms with Gasteiger partial charge in [0.1, 0.15) is 5.76 Å². The van der Waals surface area contributed by atoms with Gasteiger partial charge in [-0.25, -0.2) is 0 Å². The van der Waals surface area contributed by atoms with Crippen molar-refractivity contribution >= 4 is 11.8 Å². The molecule has 3 atom stereocenters. The molecule has 2 aliphatic rings. The van der Waals surface area contributed by atoms with Crippen molar-refractivity contribution in [1.82, 2.24) is 15.0 Å². The van der Waals surface area contributed by atoms with Crippen LogP contribution in [0.3, 0.4) is 0 Å². The highest BCUT2D eigenvalue weighted by molar-refractivity contribution is 5.81. The minimum atomic E-state index is -0.374. The highest BCUT2D eigenvalue weighted by Gasteiger charge is 2.55. The molecular weight excluding hydrogens is 390 g/mol. The second-order valence-corrected chi connectivity index (χ2v) is 9.30. The van der Waals surface area contributed by atoms with Crippen molar-refractivity contribution in [3.8, 4) is 0 Å². The van der Waals surface area contributed by atoms with Gasteiger partial charge in [0, 0.05) is 19.0 Å². The van der Waals surface area contributed by atoms with Crippen LogP contribution in [0.4, 0.5) is 0 Å². The number of benzene rings is 1.